The summed E-state index contributed by atoms with van der Waals surface area (Å²) in [6.45, 7) is 2.54. The number of nitrogens with zero attached hydrogens (tertiary/aromatic N) is 2. The summed E-state index contributed by atoms with van der Waals surface area (Å²) in [5.41, 5.74) is 2.82. The van der Waals surface area contributed by atoms with Gasteiger partial charge in [-0.15, -0.1) is 0 Å². The van der Waals surface area contributed by atoms with Crippen molar-refractivity contribution in [3.05, 3.63) is 108 Å². The first-order valence-corrected chi connectivity index (χ1v) is 10.6. The van der Waals surface area contributed by atoms with Crippen LogP contribution in [-0.2, 0) is 6.54 Å². The molecule has 1 heterocycles. The zero-order chi connectivity index (χ0) is 21.5. The smallest absolute Gasteiger partial charge is 0.252 e. The van der Waals surface area contributed by atoms with Crippen LogP contribution in [0.2, 0.25) is 0 Å². The lowest BCUT2D eigenvalue weighted by molar-refractivity contribution is 0.0951. The highest BCUT2D eigenvalue weighted by Crippen LogP contribution is 2.33. The summed E-state index contributed by atoms with van der Waals surface area (Å²) < 4.78 is 5.94. The second-order valence-corrected chi connectivity index (χ2v) is 7.94. The minimum atomic E-state index is -0.134. The fraction of sp³-hybridized carbons (Fsp3) is 0.0800. The highest BCUT2D eigenvalue weighted by molar-refractivity contribution is 7.99. The highest BCUT2D eigenvalue weighted by atomic mass is 32.2. The number of rotatable bonds is 7. The van der Waals surface area contributed by atoms with Gasteiger partial charge < -0.3 is 10.1 Å². The molecule has 154 valence electrons. The van der Waals surface area contributed by atoms with E-state index in [1.807, 2.05) is 42.5 Å². The molecule has 0 aliphatic carbocycles. The first-order chi connectivity index (χ1) is 15.2. The lowest BCUT2D eigenvalue weighted by atomic mass is 10.2. The van der Waals surface area contributed by atoms with Crippen LogP contribution >= 0.6 is 11.8 Å². The maximum Gasteiger partial charge on any atom is 0.252 e. The van der Waals surface area contributed by atoms with E-state index in [2.05, 4.69) is 34.3 Å². The molecule has 0 fully saturated rings. The lowest BCUT2D eigenvalue weighted by Gasteiger charge is -2.10. The Morgan fingerprint density at radius 1 is 0.903 bits per heavy atom. The van der Waals surface area contributed by atoms with Crippen molar-refractivity contribution in [2.45, 2.75) is 23.4 Å². The van der Waals surface area contributed by atoms with Gasteiger partial charge >= 0.3 is 0 Å². The Morgan fingerprint density at radius 3 is 2.35 bits per heavy atom. The van der Waals surface area contributed by atoms with Crippen LogP contribution in [-0.4, -0.2) is 15.9 Å². The zero-order valence-electron chi connectivity index (χ0n) is 17.0. The standard InChI is InChI=1S/C25H21N3O2S/c1-18-7-13-22(14-8-18)31-25-24(26-15-16-27-25)30-21-11-9-20(10-12-21)23(29)28-17-19-5-3-2-4-6-19/h2-16H,17H2,1H3,(H,28,29). The van der Waals surface area contributed by atoms with E-state index in [0.717, 1.165) is 10.5 Å². The third-order valence-corrected chi connectivity index (χ3v) is 5.48. The molecule has 1 N–H and O–H groups in total. The van der Waals surface area contributed by atoms with Gasteiger partial charge in [0.25, 0.3) is 11.8 Å². The molecule has 1 aromatic heterocycles. The minimum Gasteiger partial charge on any atom is -0.437 e. The third kappa shape index (κ3) is 5.71. The summed E-state index contributed by atoms with van der Waals surface area (Å²) in [6.07, 6.45) is 3.24. The fourth-order valence-corrected chi connectivity index (χ4v) is 3.63. The van der Waals surface area contributed by atoms with Gasteiger partial charge in [0.1, 0.15) is 5.75 Å². The van der Waals surface area contributed by atoms with E-state index in [1.54, 1.807) is 36.7 Å². The second-order valence-electron chi connectivity index (χ2n) is 6.88. The lowest BCUT2D eigenvalue weighted by Crippen LogP contribution is -2.22. The van der Waals surface area contributed by atoms with Crippen LogP contribution in [0.3, 0.4) is 0 Å². The number of benzene rings is 3. The Morgan fingerprint density at radius 2 is 1.61 bits per heavy atom. The number of ether oxygens (including phenoxy) is 1. The number of aryl methyl sites for hydroxylation is 1. The average Bonchev–Trinajstić information content (AvgIpc) is 2.81. The molecular weight excluding hydrogens is 406 g/mol. The molecular formula is C25H21N3O2S. The van der Waals surface area contributed by atoms with Crippen molar-refractivity contribution in [1.82, 2.24) is 15.3 Å². The van der Waals surface area contributed by atoms with Crippen molar-refractivity contribution in [2.24, 2.45) is 0 Å². The number of hydrogen-bond acceptors (Lipinski definition) is 5. The molecule has 0 spiro atoms. The van der Waals surface area contributed by atoms with Crippen LogP contribution in [0.15, 0.2) is 101 Å². The van der Waals surface area contributed by atoms with E-state index in [1.165, 1.54) is 17.3 Å². The van der Waals surface area contributed by atoms with Crippen molar-refractivity contribution in [2.75, 3.05) is 0 Å². The highest BCUT2D eigenvalue weighted by Gasteiger charge is 2.11. The van der Waals surface area contributed by atoms with Crippen molar-refractivity contribution in [1.29, 1.82) is 0 Å². The topological polar surface area (TPSA) is 64.1 Å². The number of nitrogens with one attached hydrogen (secondary N) is 1. The van der Waals surface area contributed by atoms with Crippen LogP contribution in [0.25, 0.3) is 0 Å². The number of carbonyl (C=O) groups is 1. The molecule has 3 aromatic carbocycles. The molecule has 5 nitrogen and oxygen atoms in total. The summed E-state index contributed by atoms with van der Waals surface area (Å²) >= 11 is 1.49. The van der Waals surface area contributed by atoms with Crippen molar-refractivity contribution in [3.8, 4) is 11.6 Å². The average molecular weight is 428 g/mol. The molecule has 0 saturated heterocycles. The SMILES string of the molecule is Cc1ccc(Sc2nccnc2Oc2ccc(C(=O)NCc3ccccc3)cc2)cc1. The zero-order valence-corrected chi connectivity index (χ0v) is 17.8. The maximum atomic E-state index is 12.4. The minimum absolute atomic E-state index is 0.134. The van der Waals surface area contributed by atoms with Gasteiger partial charge in [-0.1, -0.05) is 59.8 Å². The van der Waals surface area contributed by atoms with Crippen LogP contribution < -0.4 is 10.1 Å². The molecule has 6 heteroatoms. The first-order valence-electron chi connectivity index (χ1n) is 9.83. The number of carbonyl (C=O) groups excluding carboxylic acids is 1. The molecule has 0 radical (unpaired) electrons. The molecule has 0 saturated carbocycles. The Labute approximate surface area is 185 Å². The molecule has 1 amide bonds. The van der Waals surface area contributed by atoms with Gasteiger partial charge in [-0.3, -0.25) is 4.79 Å². The molecule has 0 unspecified atom stereocenters. The van der Waals surface area contributed by atoms with Crippen molar-refractivity contribution in [3.63, 3.8) is 0 Å². The van der Waals surface area contributed by atoms with Gasteiger partial charge in [-0.25, -0.2) is 9.97 Å². The first kappa shape index (κ1) is 20.6. The summed E-state index contributed by atoms with van der Waals surface area (Å²) in [7, 11) is 0. The molecule has 0 aliphatic rings. The van der Waals surface area contributed by atoms with E-state index in [4.69, 9.17) is 4.74 Å². The summed E-state index contributed by atoms with van der Waals surface area (Å²) in [5.74, 6) is 0.880. The fourth-order valence-electron chi connectivity index (χ4n) is 2.84. The van der Waals surface area contributed by atoms with Crippen LogP contribution in [0.1, 0.15) is 21.5 Å². The number of aromatic nitrogens is 2. The van der Waals surface area contributed by atoms with Crippen LogP contribution in [0, 0.1) is 6.92 Å². The Kier molecular flexibility index (Phi) is 6.59. The van der Waals surface area contributed by atoms with Gasteiger partial charge in [-0.2, -0.15) is 0 Å². The number of hydrogen-bond donors (Lipinski definition) is 1. The van der Waals surface area contributed by atoms with Gasteiger partial charge in [0.05, 0.1) is 0 Å². The Bertz CT molecular complexity index is 1150. The normalized spacial score (nSPS) is 10.5. The Hall–Kier alpha value is -3.64. The second kappa shape index (κ2) is 9.91. The maximum absolute atomic E-state index is 12.4. The van der Waals surface area contributed by atoms with Crippen LogP contribution in [0.5, 0.6) is 11.6 Å². The monoisotopic (exact) mass is 427 g/mol. The molecule has 4 rings (SSSR count). The van der Waals surface area contributed by atoms with E-state index in [9.17, 15) is 4.79 Å². The summed E-state index contributed by atoms with van der Waals surface area (Å²) in [5, 5.41) is 3.60. The predicted octanol–water partition coefficient (Wildman–Crippen LogP) is 5.66. The van der Waals surface area contributed by atoms with E-state index in [0.29, 0.717) is 28.8 Å². The largest absolute Gasteiger partial charge is 0.437 e. The molecule has 0 aliphatic heterocycles. The van der Waals surface area contributed by atoms with E-state index in [-0.39, 0.29) is 5.91 Å². The summed E-state index contributed by atoms with van der Waals surface area (Å²) in [6, 6.07) is 25.0. The predicted molar refractivity (Wildman–Crippen MR) is 121 cm³/mol. The molecule has 0 atom stereocenters. The Balaban J connectivity index is 1.41. The number of amides is 1. The van der Waals surface area contributed by atoms with Gasteiger partial charge in [0.15, 0.2) is 5.03 Å². The van der Waals surface area contributed by atoms with Gasteiger partial charge in [0.2, 0.25) is 0 Å². The summed E-state index contributed by atoms with van der Waals surface area (Å²) in [4.78, 5) is 22.2. The van der Waals surface area contributed by atoms with Gasteiger partial charge in [-0.05, 0) is 48.9 Å². The molecule has 4 aromatic rings. The van der Waals surface area contributed by atoms with Gasteiger partial charge in [0, 0.05) is 29.4 Å². The molecule has 0 bridgehead atoms. The quantitative estimate of drug-likeness (QED) is 0.412. The van der Waals surface area contributed by atoms with Crippen LogP contribution in [0.4, 0.5) is 0 Å². The molecule has 31 heavy (non-hydrogen) atoms. The van der Waals surface area contributed by atoms with E-state index >= 15 is 0 Å². The van der Waals surface area contributed by atoms with E-state index < -0.39 is 0 Å². The van der Waals surface area contributed by atoms with Crippen molar-refractivity contribution < 1.29 is 9.53 Å². The van der Waals surface area contributed by atoms with Crippen molar-refractivity contribution >= 4 is 17.7 Å². The third-order valence-electron chi connectivity index (χ3n) is 4.50.